The van der Waals surface area contributed by atoms with Crippen LogP contribution in [0.1, 0.15) is 32.3 Å². The average Bonchev–Trinajstić information content (AvgIpc) is 2.77. The predicted octanol–water partition coefficient (Wildman–Crippen LogP) is 2.20. The summed E-state index contributed by atoms with van der Waals surface area (Å²) in [5, 5.41) is 0. The van der Waals surface area contributed by atoms with Crippen molar-refractivity contribution in [2.45, 2.75) is 32.8 Å². The van der Waals surface area contributed by atoms with Gasteiger partial charge in [-0.25, -0.2) is 4.79 Å². The van der Waals surface area contributed by atoms with Crippen LogP contribution in [0.5, 0.6) is 11.5 Å². The first kappa shape index (κ1) is 21.7. The maximum absolute atomic E-state index is 12.5. The Kier molecular flexibility index (Phi) is 7.32. The van der Waals surface area contributed by atoms with Crippen molar-refractivity contribution in [3.63, 3.8) is 0 Å². The van der Waals surface area contributed by atoms with Crippen LogP contribution in [0.4, 0.5) is 0 Å². The number of rotatable bonds is 6. The highest BCUT2D eigenvalue weighted by atomic mass is 16.6. The van der Waals surface area contributed by atoms with Crippen molar-refractivity contribution in [1.29, 1.82) is 0 Å². The van der Waals surface area contributed by atoms with Crippen LogP contribution in [0.25, 0.3) is 6.08 Å². The minimum atomic E-state index is -0.901. The second kappa shape index (κ2) is 10.1. The highest BCUT2D eigenvalue weighted by Gasteiger charge is 2.31. The molecule has 0 spiro atoms. The molecule has 30 heavy (non-hydrogen) atoms. The number of benzene rings is 1. The van der Waals surface area contributed by atoms with E-state index < -0.39 is 12.1 Å². The third-order valence-electron chi connectivity index (χ3n) is 5.05. The van der Waals surface area contributed by atoms with E-state index in [4.69, 9.17) is 18.9 Å². The molecule has 1 unspecified atom stereocenters. The second-order valence-electron chi connectivity index (χ2n) is 7.17. The predicted molar refractivity (Wildman–Crippen MR) is 108 cm³/mol. The summed E-state index contributed by atoms with van der Waals surface area (Å²) in [6.07, 6.45) is 3.08. The van der Waals surface area contributed by atoms with Crippen molar-refractivity contribution < 1.29 is 33.3 Å². The molecule has 162 valence electrons. The third kappa shape index (κ3) is 5.52. The zero-order valence-electron chi connectivity index (χ0n) is 17.3. The molecule has 1 aromatic carbocycles. The number of esters is 2. The minimum absolute atomic E-state index is 0.180. The highest BCUT2D eigenvalue weighted by molar-refractivity contribution is 5.90. The molecule has 0 N–H and O–H groups in total. The van der Waals surface area contributed by atoms with Crippen molar-refractivity contribution >= 4 is 23.9 Å². The number of carbonyl (C=O) groups is 3. The van der Waals surface area contributed by atoms with Gasteiger partial charge >= 0.3 is 11.9 Å². The van der Waals surface area contributed by atoms with E-state index in [1.807, 2.05) is 0 Å². The largest absolute Gasteiger partial charge is 0.486 e. The SMILES string of the molecule is CCOC(=O)C1CCN(C(=O)C(C)OC(=O)/C=C/c2ccc3c(c2)OCCO3)CC1. The first-order valence-corrected chi connectivity index (χ1v) is 10.2. The number of hydrogen-bond donors (Lipinski definition) is 0. The van der Waals surface area contributed by atoms with Crippen molar-refractivity contribution in [1.82, 2.24) is 4.90 Å². The molecule has 1 fully saturated rings. The average molecular weight is 417 g/mol. The van der Waals surface area contributed by atoms with Crippen LogP contribution in [0.15, 0.2) is 24.3 Å². The number of fused-ring (bicyclic) bond motifs is 1. The smallest absolute Gasteiger partial charge is 0.331 e. The molecule has 0 aliphatic carbocycles. The molecular weight excluding hydrogens is 390 g/mol. The summed E-state index contributed by atoms with van der Waals surface area (Å²) in [7, 11) is 0. The topological polar surface area (TPSA) is 91.4 Å². The molecule has 0 saturated carbocycles. The van der Waals surface area contributed by atoms with Gasteiger partial charge in [0.25, 0.3) is 5.91 Å². The number of nitrogens with zero attached hydrogens (tertiary/aromatic N) is 1. The van der Waals surface area contributed by atoms with E-state index in [-0.39, 0.29) is 17.8 Å². The van der Waals surface area contributed by atoms with Crippen LogP contribution in [0.2, 0.25) is 0 Å². The van der Waals surface area contributed by atoms with Crippen molar-refractivity contribution in [2.75, 3.05) is 32.9 Å². The van der Waals surface area contributed by atoms with Gasteiger partial charge in [-0.3, -0.25) is 9.59 Å². The van der Waals surface area contributed by atoms with Crippen LogP contribution < -0.4 is 9.47 Å². The Hall–Kier alpha value is -3.03. The molecule has 1 amide bonds. The van der Waals surface area contributed by atoms with Gasteiger partial charge in [-0.05, 0) is 50.5 Å². The molecule has 8 nitrogen and oxygen atoms in total. The van der Waals surface area contributed by atoms with Crippen LogP contribution >= 0.6 is 0 Å². The summed E-state index contributed by atoms with van der Waals surface area (Å²) in [5.41, 5.74) is 0.760. The van der Waals surface area contributed by atoms with E-state index in [1.165, 1.54) is 6.08 Å². The van der Waals surface area contributed by atoms with Gasteiger partial charge in [0.2, 0.25) is 0 Å². The summed E-state index contributed by atoms with van der Waals surface area (Å²) < 4.78 is 21.3. The molecular formula is C22H27NO7. The highest BCUT2D eigenvalue weighted by Crippen LogP contribution is 2.31. The Morgan fingerprint density at radius 3 is 2.57 bits per heavy atom. The third-order valence-corrected chi connectivity index (χ3v) is 5.05. The van der Waals surface area contributed by atoms with E-state index >= 15 is 0 Å². The lowest BCUT2D eigenvalue weighted by Crippen LogP contribution is -2.45. The number of ether oxygens (including phenoxy) is 4. The molecule has 2 aliphatic heterocycles. The summed E-state index contributed by atoms with van der Waals surface area (Å²) in [6, 6.07) is 5.37. The number of carbonyl (C=O) groups excluding carboxylic acids is 3. The van der Waals surface area contributed by atoms with Gasteiger partial charge in [0, 0.05) is 19.2 Å². The number of amides is 1. The van der Waals surface area contributed by atoms with Gasteiger partial charge in [0.05, 0.1) is 12.5 Å². The van der Waals surface area contributed by atoms with Crippen molar-refractivity contribution in [3.05, 3.63) is 29.8 Å². The Labute approximate surface area is 175 Å². The minimum Gasteiger partial charge on any atom is -0.486 e. The molecule has 1 saturated heterocycles. The fourth-order valence-corrected chi connectivity index (χ4v) is 3.44. The molecule has 2 aliphatic rings. The number of piperidine rings is 1. The molecule has 0 radical (unpaired) electrons. The molecule has 0 bridgehead atoms. The lowest BCUT2D eigenvalue weighted by atomic mass is 9.97. The van der Waals surface area contributed by atoms with Gasteiger partial charge in [-0.2, -0.15) is 0 Å². The first-order chi connectivity index (χ1) is 14.5. The van der Waals surface area contributed by atoms with Gasteiger partial charge in [0.15, 0.2) is 17.6 Å². The standard InChI is InChI=1S/C22H27NO7/c1-3-27-22(26)17-8-10-23(11-9-17)21(25)15(2)30-20(24)7-5-16-4-6-18-19(14-16)29-13-12-28-18/h4-7,14-15,17H,3,8-13H2,1-2H3/b7-5+. The van der Waals surface area contributed by atoms with E-state index in [2.05, 4.69) is 0 Å². The summed E-state index contributed by atoms with van der Waals surface area (Å²) in [4.78, 5) is 38.1. The molecule has 2 heterocycles. The quantitative estimate of drug-likeness (QED) is 0.518. The lowest BCUT2D eigenvalue weighted by molar-refractivity contribution is -0.157. The Balaban J connectivity index is 1.47. The van der Waals surface area contributed by atoms with E-state index in [9.17, 15) is 14.4 Å². The first-order valence-electron chi connectivity index (χ1n) is 10.2. The normalized spacial score (nSPS) is 17.5. The van der Waals surface area contributed by atoms with Gasteiger partial charge in [-0.1, -0.05) is 6.07 Å². The van der Waals surface area contributed by atoms with Gasteiger partial charge in [0.1, 0.15) is 13.2 Å². The molecule has 0 aromatic heterocycles. The van der Waals surface area contributed by atoms with Gasteiger partial charge < -0.3 is 23.8 Å². The molecule has 8 heteroatoms. The Bertz CT molecular complexity index is 812. The van der Waals surface area contributed by atoms with Crippen LogP contribution in [0.3, 0.4) is 0 Å². The van der Waals surface area contributed by atoms with Crippen molar-refractivity contribution in [3.8, 4) is 11.5 Å². The summed E-state index contributed by atoms with van der Waals surface area (Å²) in [6.45, 7) is 5.56. The maximum Gasteiger partial charge on any atom is 0.331 e. The zero-order valence-corrected chi connectivity index (χ0v) is 17.3. The monoisotopic (exact) mass is 417 g/mol. The lowest BCUT2D eigenvalue weighted by Gasteiger charge is -2.32. The molecule has 1 aromatic rings. The van der Waals surface area contributed by atoms with Crippen molar-refractivity contribution in [2.24, 2.45) is 5.92 Å². The Morgan fingerprint density at radius 2 is 1.87 bits per heavy atom. The van der Waals surface area contributed by atoms with Gasteiger partial charge in [-0.15, -0.1) is 0 Å². The van der Waals surface area contributed by atoms with E-state index in [0.29, 0.717) is 57.3 Å². The van der Waals surface area contributed by atoms with Crippen LogP contribution in [-0.4, -0.2) is 61.8 Å². The number of hydrogen-bond acceptors (Lipinski definition) is 7. The zero-order chi connectivity index (χ0) is 21.5. The summed E-state index contributed by atoms with van der Waals surface area (Å²) >= 11 is 0. The van der Waals surface area contributed by atoms with Crippen LogP contribution in [-0.2, 0) is 23.9 Å². The fourth-order valence-electron chi connectivity index (χ4n) is 3.44. The molecule has 1 atom stereocenters. The summed E-state index contributed by atoms with van der Waals surface area (Å²) in [5.74, 6) is 0.0399. The Morgan fingerprint density at radius 1 is 1.17 bits per heavy atom. The van der Waals surface area contributed by atoms with E-state index in [0.717, 1.165) is 5.56 Å². The number of likely N-dealkylation sites (tertiary alicyclic amines) is 1. The molecule has 3 rings (SSSR count). The van der Waals surface area contributed by atoms with Crippen LogP contribution in [0, 0.1) is 5.92 Å². The fraction of sp³-hybridized carbons (Fsp3) is 0.500. The van der Waals surface area contributed by atoms with E-state index in [1.54, 1.807) is 43.0 Å². The maximum atomic E-state index is 12.5. The second-order valence-corrected chi connectivity index (χ2v) is 7.17.